The van der Waals surface area contributed by atoms with Crippen LogP contribution in [0.2, 0.25) is 0 Å². The number of pyridine rings is 1. The summed E-state index contributed by atoms with van der Waals surface area (Å²) in [5.41, 5.74) is -0.213. The molecule has 0 unspecified atom stereocenters. The second-order valence-corrected chi connectivity index (χ2v) is 10.8. The highest BCUT2D eigenvalue weighted by atomic mass is 16.5. The highest BCUT2D eigenvalue weighted by molar-refractivity contribution is 5.97. The number of aliphatic hydroxyl groups is 2. The number of ether oxygens (including phenoxy) is 2. The highest BCUT2D eigenvalue weighted by Gasteiger charge is 2.36. The lowest BCUT2D eigenvalue weighted by molar-refractivity contribution is -0.138. The molecule has 2 N–H and O–H groups in total. The Morgan fingerprint density at radius 3 is 2.70 bits per heavy atom. The van der Waals surface area contributed by atoms with Crippen LogP contribution in [0.15, 0.2) is 12.3 Å². The molecule has 1 aromatic heterocycles. The van der Waals surface area contributed by atoms with Crippen LogP contribution >= 0.6 is 0 Å². The van der Waals surface area contributed by atoms with Crippen molar-refractivity contribution in [2.45, 2.75) is 70.1 Å². The average molecular weight is 514 g/mol. The van der Waals surface area contributed by atoms with Gasteiger partial charge < -0.3 is 29.5 Å². The second kappa shape index (κ2) is 11.8. The molecule has 1 aromatic rings. The van der Waals surface area contributed by atoms with Gasteiger partial charge in [0.05, 0.1) is 19.2 Å². The fraction of sp³-hybridized carbons (Fsp3) is 0.679. The van der Waals surface area contributed by atoms with E-state index in [-0.39, 0.29) is 41.7 Å². The van der Waals surface area contributed by atoms with Crippen LogP contribution < -0.4 is 4.74 Å². The van der Waals surface area contributed by atoms with Crippen LogP contribution in [-0.4, -0.2) is 94.5 Å². The topological polar surface area (TPSA) is 112 Å². The van der Waals surface area contributed by atoms with E-state index >= 15 is 0 Å². The third-order valence-corrected chi connectivity index (χ3v) is 7.79. The fourth-order valence-corrected chi connectivity index (χ4v) is 5.28. The first kappa shape index (κ1) is 27.4. The molecule has 2 amide bonds. The van der Waals surface area contributed by atoms with Crippen LogP contribution in [0.3, 0.4) is 0 Å². The van der Waals surface area contributed by atoms with Gasteiger partial charge in [0.2, 0.25) is 11.8 Å². The SMILES string of the molecule is C[C@@H]1CN([C@@H](C)CO)C(=O)c2cc(C#CC3(O)CCCC3)cnc2O[C@H]1CN(C)C(=O)C1CCOCC1. The van der Waals surface area contributed by atoms with Gasteiger partial charge in [-0.3, -0.25) is 9.59 Å². The van der Waals surface area contributed by atoms with Gasteiger partial charge in [0.1, 0.15) is 17.3 Å². The van der Waals surface area contributed by atoms with Crippen molar-refractivity contribution in [3.8, 4) is 17.7 Å². The third-order valence-electron chi connectivity index (χ3n) is 7.79. The molecular formula is C28H39N3O6. The summed E-state index contributed by atoms with van der Waals surface area (Å²) < 4.78 is 11.7. The first-order valence-electron chi connectivity index (χ1n) is 13.4. The van der Waals surface area contributed by atoms with Crippen molar-refractivity contribution >= 4 is 11.8 Å². The summed E-state index contributed by atoms with van der Waals surface area (Å²) in [4.78, 5) is 34.4. The number of carbonyl (C=O) groups excluding carboxylic acids is 2. The minimum atomic E-state index is -0.996. The smallest absolute Gasteiger partial charge is 0.259 e. The van der Waals surface area contributed by atoms with Crippen LogP contribution in [-0.2, 0) is 9.53 Å². The maximum atomic E-state index is 13.6. The van der Waals surface area contributed by atoms with E-state index in [0.717, 1.165) is 12.8 Å². The van der Waals surface area contributed by atoms with E-state index in [2.05, 4.69) is 16.8 Å². The van der Waals surface area contributed by atoms with E-state index in [1.54, 1.807) is 36.0 Å². The molecule has 1 saturated carbocycles. The van der Waals surface area contributed by atoms with Crippen molar-refractivity contribution in [1.29, 1.82) is 0 Å². The highest BCUT2D eigenvalue weighted by Crippen LogP contribution is 2.30. The lowest BCUT2D eigenvalue weighted by Gasteiger charge is -2.38. The Labute approximate surface area is 219 Å². The lowest BCUT2D eigenvalue weighted by Crippen LogP contribution is -2.51. The van der Waals surface area contributed by atoms with Crippen molar-refractivity contribution < 1.29 is 29.3 Å². The van der Waals surface area contributed by atoms with E-state index in [4.69, 9.17) is 9.47 Å². The summed E-state index contributed by atoms with van der Waals surface area (Å²) in [6, 6.07) is 1.24. The Morgan fingerprint density at radius 1 is 1.32 bits per heavy atom. The van der Waals surface area contributed by atoms with Gasteiger partial charge >= 0.3 is 0 Å². The van der Waals surface area contributed by atoms with Crippen molar-refractivity contribution in [2.75, 3.05) is 40.0 Å². The number of amides is 2. The molecule has 202 valence electrons. The lowest BCUT2D eigenvalue weighted by atomic mass is 9.97. The Balaban J connectivity index is 1.61. The van der Waals surface area contributed by atoms with Gasteiger partial charge in [-0.2, -0.15) is 0 Å². The van der Waals surface area contributed by atoms with Gasteiger partial charge in [-0.1, -0.05) is 18.8 Å². The first-order valence-corrected chi connectivity index (χ1v) is 13.4. The monoisotopic (exact) mass is 513 g/mol. The summed E-state index contributed by atoms with van der Waals surface area (Å²) in [6.07, 6.45) is 5.74. The van der Waals surface area contributed by atoms with Gasteiger partial charge in [-0.25, -0.2) is 4.98 Å². The average Bonchev–Trinajstić information content (AvgIpc) is 3.35. The summed E-state index contributed by atoms with van der Waals surface area (Å²) in [5.74, 6) is 5.75. The molecule has 0 aromatic carbocycles. The molecule has 0 spiro atoms. The molecule has 4 rings (SSSR count). The van der Waals surface area contributed by atoms with E-state index in [1.165, 1.54) is 0 Å². The number of fused-ring (bicyclic) bond motifs is 1. The van der Waals surface area contributed by atoms with Gasteiger partial charge in [-0.05, 0) is 51.5 Å². The van der Waals surface area contributed by atoms with Crippen molar-refractivity contribution in [2.24, 2.45) is 11.8 Å². The van der Waals surface area contributed by atoms with Gasteiger partial charge in [0, 0.05) is 50.4 Å². The van der Waals surface area contributed by atoms with Crippen molar-refractivity contribution in [1.82, 2.24) is 14.8 Å². The molecule has 1 saturated heterocycles. The molecule has 9 nitrogen and oxygen atoms in total. The number of aliphatic hydroxyl groups excluding tert-OH is 1. The van der Waals surface area contributed by atoms with E-state index in [1.807, 2.05) is 6.92 Å². The normalized spacial score (nSPS) is 24.7. The Morgan fingerprint density at radius 2 is 2.03 bits per heavy atom. The fourth-order valence-electron chi connectivity index (χ4n) is 5.28. The largest absolute Gasteiger partial charge is 0.472 e. The van der Waals surface area contributed by atoms with Crippen molar-refractivity contribution in [3.63, 3.8) is 0 Å². The first-order chi connectivity index (χ1) is 17.7. The third kappa shape index (κ3) is 6.43. The van der Waals surface area contributed by atoms with Crippen LogP contribution in [0.5, 0.6) is 5.88 Å². The Hall–Kier alpha value is -2.67. The van der Waals surface area contributed by atoms with Crippen LogP contribution in [0.1, 0.15) is 68.3 Å². The van der Waals surface area contributed by atoms with Gasteiger partial charge in [-0.15, -0.1) is 0 Å². The summed E-state index contributed by atoms with van der Waals surface area (Å²) in [6.45, 7) is 5.50. The van der Waals surface area contributed by atoms with Crippen LogP contribution in [0.25, 0.3) is 0 Å². The summed E-state index contributed by atoms with van der Waals surface area (Å²) >= 11 is 0. The maximum absolute atomic E-state index is 13.6. The molecule has 0 bridgehead atoms. The predicted molar refractivity (Wildman–Crippen MR) is 137 cm³/mol. The maximum Gasteiger partial charge on any atom is 0.259 e. The zero-order valence-corrected chi connectivity index (χ0v) is 22.1. The zero-order valence-electron chi connectivity index (χ0n) is 22.1. The molecule has 9 heteroatoms. The van der Waals surface area contributed by atoms with E-state index in [0.29, 0.717) is 57.6 Å². The standard InChI is InChI=1S/C28H39N3O6/c1-19-16-31(20(2)18-32)27(34)23-14-21(6-11-28(35)9-4-5-10-28)15-29-25(23)37-24(19)17-30(3)26(33)22-7-12-36-13-8-22/h14-15,19-20,22,24,32,35H,4-5,7-10,12-13,16-18H2,1-3H3/t19-,20+,24+/m1/s1. The van der Waals surface area contributed by atoms with Gasteiger partial charge in [0.25, 0.3) is 5.91 Å². The molecule has 3 atom stereocenters. The molecule has 1 aliphatic carbocycles. The number of aromatic nitrogens is 1. The summed E-state index contributed by atoms with van der Waals surface area (Å²) in [7, 11) is 1.78. The van der Waals surface area contributed by atoms with Crippen LogP contribution in [0.4, 0.5) is 0 Å². The second-order valence-electron chi connectivity index (χ2n) is 10.8. The molecule has 3 heterocycles. The molecular weight excluding hydrogens is 474 g/mol. The summed E-state index contributed by atoms with van der Waals surface area (Å²) in [5, 5.41) is 20.5. The van der Waals surface area contributed by atoms with Gasteiger partial charge in [0.15, 0.2) is 0 Å². The number of hydrogen-bond acceptors (Lipinski definition) is 7. The number of nitrogens with zero attached hydrogens (tertiary/aromatic N) is 3. The number of likely N-dealkylation sites (N-methyl/N-ethyl adjacent to an activating group) is 1. The van der Waals surface area contributed by atoms with E-state index in [9.17, 15) is 19.8 Å². The Kier molecular flexibility index (Phi) is 8.73. The minimum absolute atomic E-state index is 0.0590. The molecule has 2 aliphatic heterocycles. The molecule has 37 heavy (non-hydrogen) atoms. The molecule has 2 fully saturated rings. The van der Waals surface area contributed by atoms with Crippen molar-refractivity contribution in [3.05, 3.63) is 23.4 Å². The molecule has 3 aliphatic rings. The number of carbonyl (C=O) groups is 2. The van der Waals surface area contributed by atoms with Crippen LogP contribution in [0, 0.1) is 23.7 Å². The zero-order chi connectivity index (χ0) is 26.6. The van der Waals surface area contributed by atoms with E-state index < -0.39 is 17.7 Å². The number of hydrogen-bond donors (Lipinski definition) is 2. The quantitative estimate of drug-likeness (QED) is 0.578. The Bertz CT molecular complexity index is 1040. The predicted octanol–water partition coefficient (Wildman–Crippen LogP) is 1.84. The minimum Gasteiger partial charge on any atom is -0.472 e. The number of rotatable bonds is 5. The molecule has 0 radical (unpaired) electrons.